The minimum absolute atomic E-state index is 0.595. The van der Waals surface area contributed by atoms with Crippen LogP contribution in [0.15, 0.2) is 28.2 Å². The van der Waals surface area contributed by atoms with Crippen LogP contribution in [0.2, 0.25) is 0 Å². The minimum Gasteiger partial charge on any atom is -0.462 e. The minimum atomic E-state index is 0.595. The monoisotopic (exact) mass is 305 g/mol. The number of thiazole rings is 1. The van der Waals surface area contributed by atoms with Gasteiger partial charge in [-0.05, 0) is 44.5 Å². The van der Waals surface area contributed by atoms with Gasteiger partial charge in [-0.1, -0.05) is 12.8 Å². The van der Waals surface area contributed by atoms with Crippen molar-refractivity contribution in [2.45, 2.75) is 38.3 Å². The van der Waals surface area contributed by atoms with Gasteiger partial charge in [0.15, 0.2) is 10.8 Å². The van der Waals surface area contributed by atoms with Gasteiger partial charge in [0, 0.05) is 18.0 Å². The fraction of sp³-hybridized carbons (Fsp3) is 0.562. The van der Waals surface area contributed by atoms with Crippen LogP contribution >= 0.6 is 11.3 Å². The Hall–Kier alpha value is -1.17. The van der Waals surface area contributed by atoms with Gasteiger partial charge in [-0.25, -0.2) is 4.98 Å². The average molecular weight is 305 g/mol. The molecule has 1 aliphatic carbocycles. The van der Waals surface area contributed by atoms with Gasteiger partial charge < -0.3 is 10.2 Å². The van der Waals surface area contributed by atoms with Crippen molar-refractivity contribution >= 4 is 11.3 Å². The van der Waals surface area contributed by atoms with Crippen molar-refractivity contribution in [2.75, 3.05) is 13.6 Å². The largest absolute Gasteiger partial charge is 0.462 e. The molecule has 5 heteroatoms. The molecule has 1 saturated carbocycles. The zero-order chi connectivity index (χ0) is 14.7. The van der Waals surface area contributed by atoms with Crippen LogP contribution in [0.25, 0.3) is 10.8 Å². The molecule has 2 aromatic heterocycles. The van der Waals surface area contributed by atoms with Crippen molar-refractivity contribution in [1.29, 1.82) is 0 Å². The summed E-state index contributed by atoms with van der Waals surface area (Å²) in [6.45, 7) is 1.68. The maximum atomic E-state index is 5.94. The van der Waals surface area contributed by atoms with Gasteiger partial charge in [-0.15, -0.1) is 11.3 Å². The summed E-state index contributed by atoms with van der Waals surface area (Å²) in [5.74, 6) is 1.48. The number of furan rings is 1. The summed E-state index contributed by atoms with van der Waals surface area (Å²) < 4.78 is 5.41. The van der Waals surface area contributed by atoms with E-state index in [1.807, 2.05) is 12.1 Å². The highest BCUT2D eigenvalue weighted by Gasteiger charge is 2.27. The van der Waals surface area contributed by atoms with Crippen molar-refractivity contribution in [2.24, 2.45) is 11.7 Å². The zero-order valence-electron chi connectivity index (χ0n) is 12.5. The van der Waals surface area contributed by atoms with Crippen LogP contribution in [0.1, 0.15) is 31.4 Å². The molecule has 4 nitrogen and oxygen atoms in total. The molecule has 21 heavy (non-hydrogen) atoms. The van der Waals surface area contributed by atoms with E-state index >= 15 is 0 Å². The number of hydrogen-bond acceptors (Lipinski definition) is 5. The summed E-state index contributed by atoms with van der Waals surface area (Å²) >= 11 is 1.65. The summed E-state index contributed by atoms with van der Waals surface area (Å²) in [5, 5.41) is 3.09. The maximum Gasteiger partial charge on any atom is 0.162 e. The highest BCUT2D eigenvalue weighted by atomic mass is 32.1. The molecule has 2 unspecified atom stereocenters. The molecule has 2 N–H and O–H groups in total. The topological polar surface area (TPSA) is 55.3 Å². The van der Waals surface area contributed by atoms with Crippen LogP contribution < -0.4 is 5.73 Å². The molecule has 0 radical (unpaired) electrons. The molecule has 2 aromatic rings. The van der Waals surface area contributed by atoms with E-state index in [-0.39, 0.29) is 0 Å². The van der Waals surface area contributed by atoms with Crippen LogP contribution in [-0.4, -0.2) is 29.5 Å². The first-order valence-corrected chi connectivity index (χ1v) is 8.54. The lowest BCUT2D eigenvalue weighted by Crippen LogP contribution is -2.42. The second-order valence-electron chi connectivity index (χ2n) is 5.88. The molecule has 2 atom stereocenters. The molecule has 3 rings (SSSR count). The fourth-order valence-electron chi connectivity index (χ4n) is 3.31. The molecule has 1 fully saturated rings. The first-order valence-electron chi connectivity index (χ1n) is 7.66. The SMILES string of the molecule is CN(Cc1csc(-c2ccco2)n1)C1CCCCC1CN. The molecular weight excluding hydrogens is 282 g/mol. The van der Waals surface area contributed by atoms with Gasteiger partial charge in [-0.2, -0.15) is 0 Å². The third-order valence-corrected chi connectivity index (χ3v) is 5.34. The normalized spacial score (nSPS) is 22.8. The van der Waals surface area contributed by atoms with Gasteiger partial charge in [0.1, 0.15) is 0 Å². The quantitative estimate of drug-likeness (QED) is 0.920. The van der Waals surface area contributed by atoms with Crippen LogP contribution in [0.4, 0.5) is 0 Å². The Kier molecular flexibility index (Phi) is 4.73. The lowest BCUT2D eigenvalue weighted by Gasteiger charge is -2.37. The van der Waals surface area contributed by atoms with E-state index in [1.54, 1.807) is 17.6 Å². The molecule has 0 aromatic carbocycles. The van der Waals surface area contributed by atoms with Crippen molar-refractivity contribution in [3.8, 4) is 10.8 Å². The summed E-state index contributed by atoms with van der Waals surface area (Å²) in [6, 6.07) is 4.45. The Bertz CT molecular complexity index is 552. The van der Waals surface area contributed by atoms with Crippen molar-refractivity contribution in [3.05, 3.63) is 29.5 Å². The lowest BCUT2D eigenvalue weighted by atomic mass is 9.83. The van der Waals surface area contributed by atoms with Crippen molar-refractivity contribution in [3.63, 3.8) is 0 Å². The van der Waals surface area contributed by atoms with Crippen molar-refractivity contribution in [1.82, 2.24) is 9.88 Å². The molecule has 0 amide bonds. The second-order valence-corrected chi connectivity index (χ2v) is 6.74. The van der Waals surface area contributed by atoms with Crippen LogP contribution in [0.5, 0.6) is 0 Å². The number of hydrogen-bond donors (Lipinski definition) is 1. The first-order chi connectivity index (χ1) is 10.3. The molecule has 2 heterocycles. The maximum absolute atomic E-state index is 5.94. The standard InChI is InChI=1S/C16H23N3OS/c1-19(14-6-3-2-5-12(14)9-17)10-13-11-21-16(18-13)15-7-4-8-20-15/h4,7-8,11-12,14H,2-3,5-6,9-10,17H2,1H3. The molecule has 0 saturated heterocycles. The third kappa shape index (κ3) is 3.36. The zero-order valence-corrected chi connectivity index (χ0v) is 13.3. The van der Waals surface area contributed by atoms with E-state index in [9.17, 15) is 0 Å². The molecular formula is C16H23N3OS. The predicted octanol–water partition coefficient (Wildman–Crippen LogP) is 3.35. The Morgan fingerprint density at radius 1 is 1.43 bits per heavy atom. The Morgan fingerprint density at radius 3 is 3.05 bits per heavy atom. The van der Waals surface area contributed by atoms with Gasteiger partial charge >= 0.3 is 0 Å². The third-order valence-electron chi connectivity index (χ3n) is 4.43. The Morgan fingerprint density at radius 2 is 2.29 bits per heavy atom. The van der Waals surface area contributed by atoms with Crippen LogP contribution in [-0.2, 0) is 6.54 Å². The first kappa shape index (κ1) is 14.8. The van der Waals surface area contributed by atoms with Gasteiger partial charge in [0.2, 0.25) is 0 Å². The second kappa shape index (κ2) is 6.73. The van der Waals surface area contributed by atoms with Gasteiger partial charge in [-0.3, -0.25) is 4.90 Å². The highest BCUT2D eigenvalue weighted by Crippen LogP contribution is 2.29. The fourth-order valence-corrected chi connectivity index (χ4v) is 4.09. The van der Waals surface area contributed by atoms with E-state index in [2.05, 4.69) is 17.3 Å². The van der Waals surface area contributed by atoms with E-state index in [0.29, 0.717) is 12.0 Å². The summed E-state index contributed by atoms with van der Waals surface area (Å²) in [6.07, 6.45) is 6.86. The number of aromatic nitrogens is 1. The van der Waals surface area contributed by atoms with Crippen LogP contribution in [0, 0.1) is 5.92 Å². The van der Waals surface area contributed by atoms with E-state index in [1.165, 1.54) is 25.7 Å². The summed E-state index contributed by atoms with van der Waals surface area (Å²) in [5.41, 5.74) is 7.06. The predicted molar refractivity (Wildman–Crippen MR) is 86.1 cm³/mol. The summed E-state index contributed by atoms with van der Waals surface area (Å²) in [4.78, 5) is 7.12. The Balaban J connectivity index is 1.65. The van der Waals surface area contributed by atoms with Gasteiger partial charge in [0.25, 0.3) is 0 Å². The molecule has 0 aliphatic heterocycles. The van der Waals surface area contributed by atoms with E-state index < -0.39 is 0 Å². The Labute approximate surface area is 130 Å². The smallest absolute Gasteiger partial charge is 0.162 e. The lowest BCUT2D eigenvalue weighted by molar-refractivity contribution is 0.126. The average Bonchev–Trinajstić information content (AvgIpc) is 3.17. The molecule has 0 bridgehead atoms. The highest BCUT2D eigenvalue weighted by molar-refractivity contribution is 7.13. The molecule has 0 spiro atoms. The summed E-state index contributed by atoms with van der Waals surface area (Å²) in [7, 11) is 2.20. The molecule has 114 valence electrons. The van der Waals surface area contributed by atoms with Crippen LogP contribution in [0.3, 0.4) is 0 Å². The van der Waals surface area contributed by atoms with Crippen molar-refractivity contribution < 1.29 is 4.42 Å². The van der Waals surface area contributed by atoms with E-state index in [0.717, 1.165) is 29.6 Å². The molecule has 1 aliphatic rings. The number of nitrogens with two attached hydrogens (primary N) is 1. The number of nitrogens with zero attached hydrogens (tertiary/aromatic N) is 2. The van der Waals surface area contributed by atoms with E-state index in [4.69, 9.17) is 15.1 Å². The van der Waals surface area contributed by atoms with Gasteiger partial charge in [0.05, 0.1) is 12.0 Å². The number of rotatable bonds is 5.